The van der Waals surface area contributed by atoms with Gasteiger partial charge < -0.3 is 9.67 Å². The van der Waals surface area contributed by atoms with Gasteiger partial charge in [0.25, 0.3) is 0 Å². The summed E-state index contributed by atoms with van der Waals surface area (Å²) in [5, 5.41) is 20.7. The number of tetrazole rings is 1. The highest BCUT2D eigenvalue weighted by atomic mass is 32.2. The van der Waals surface area contributed by atoms with Crippen molar-refractivity contribution in [1.82, 2.24) is 29.8 Å². The van der Waals surface area contributed by atoms with Crippen LogP contribution in [0.3, 0.4) is 0 Å². The SMILES string of the molecule is Cn1ccnc1CSc1nnnn1CCO. The van der Waals surface area contributed by atoms with Crippen LogP contribution >= 0.6 is 11.8 Å². The summed E-state index contributed by atoms with van der Waals surface area (Å²) in [6, 6.07) is 0. The average molecular weight is 240 g/mol. The third-order valence-electron chi connectivity index (χ3n) is 2.06. The highest BCUT2D eigenvalue weighted by Crippen LogP contribution is 2.18. The molecule has 2 rings (SSSR count). The summed E-state index contributed by atoms with van der Waals surface area (Å²) >= 11 is 1.50. The summed E-state index contributed by atoms with van der Waals surface area (Å²) in [5.41, 5.74) is 0. The standard InChI is InChI=1S/C8H12N6OS/c1-13-3-2-9-7(13)6-16-8-10-11-12-14(8)4-5-15/h2-3,15H,4-6H2,1H3. The molecule has 1 N–H and O–H groups in total. The Bertz CT molecular complexity index is 453. The van der Waals surface area contributed by atoms with E-state index >= 15 is 0 Å². The third kappa shape index (κ3) is 2.39. The van der Waals surface area contributed by atoms with Crippen LogP contribution in [0.25, 0.3) is 0 Å². The molecule has 0 atom stereocenters. The Balaban J connectivity index is 1.99. The predicted molar refractivity (Wildman–Crippen MR) is 57.7 cm³/mol. The van der Waals surface area contributed by atoms with Gasteiger partial charge in [-0.1, -0.05) is 11.8 Å². The van der Waals surface area contributed by atoms with Crippen LogP contribution in [0.4, 0.5) is 0 Å². The van der Waals surface area contributed by atoms with Crippen molar-refractivity contribution in [3.8, 4) is 0 Å². The molecule has 0 saturated carbocycles. The number of thioether (sulfide) groups is 1. The second kappa shape index (κ2) is 5.08. The number of rotatable bonds is 5. The molecule has 0 saturated heterocycles. The van der Waals surface area contributed by atoms with Gasteiger partial charge in [0.2, 0.25) is 5.16 Å². The van der Waals surface area contributed by atoms with Crippen molar-refractivity contribution < 1.29 is 5.11 Å². The Morgan fingerprint density at radius 1 is 1.50 bits per heavy atom. The minimum atomic E-state index is 0.0288. The number of imidazole rings is 1. The number of aromatic nitrogens is 6. The lowest BCUT2D eigenvalue weighted by atomic mass is 10.7. The third-order valence-corrected chi connectivity index (χ3v) is 3.02. The van der Waals surface area contributed by atoms with Crippen molar-refractivity contribution >= 4 is 11.8 Å². The van der Waals surface area contributed by atoms with E-state index in [0.29, 0.717) is 17.5 Å². The van der Waals surface area contributed by atoms with E-state index in [1.54, 1.807) is 10.9 Å². The van der Waals surface area contributed by atoms with Gasteiger partial charge in [-0.2, -0.15) is 0 Å². The van der Waals surface area contributed by atoms with Crippen LogP contribution in [0.15, 0.2) is 17.6 Å². The number of hydrogen-bond donors (Lipinski definition) is 1. The largest absolute Gasteiger partial charge is 0.394 e. The smallest absolute Gasteiger partial charge is 0.209 e. The predicted octanol–water partition coefficient (Wildman–Crippen LogP) is -0.309. The number of aliphatic hydroxyl groups is 1. The Hall–Kier alpha value is -1.41. The molecule has 16 heavy (non-hydrogen) atoms. The molecule has 2 heterocycles. The Kier molecular flexibility index (Phi) is 3.52. The molecule has 0 unspecified atom stereocenters. The first kappa shape index (κ1) is 11.1. The van der Waals surface area contributed by atoms with E-state index in [1.807, 2.05) is 17.8 Å². The second-order valence-electron chi connectivity index (χ2n) is 3.15. The van der Waals surface area contributed by atoms with Crippen LogP contribution in [0, 0.1) is 0 Å². The van der Waals surface area contributed by atoms with E-state index in [2.05, 4.69) is 20.5 Å². The van der Waals surface area contributed by atoms with Gasteiger partial charge in [0.1, 0.15) is 5.82 Å². The molecule has 0 aliphatic rings. The molecule has 0 fully saturated rings. The fourth-order valence-electron chi connectivity index (χ4n) is 1.20. The van der Waals surface area contributed by atoms with Crippen LogP contribution in [-0.4, -0.2) is 41.5 Å². The molecule has 2 aromatic heterocycles. The highest BCUT2D eigenvalue weighted by molar-refractivity contribution is 7.98. The first-order valence-electron chi connectivity index (χ1n) is 4.77. The second-order valence-corrected chi connectivity index (χ2v) is 4.09. The summed E-state index contributed by atoms with van der Waals surface area (Å²) in [6.45, 7) is 0.441. The minimum absolute atomic E-state index is 0.0288. The zero-order valence-electron chi connectivity index (χ0n) is 8.81. The zero-order valence-corrected chi connectivity index (χ0v) is 9.63. The van der Waals surface area contributed by atoms with Crippen molar-refractivity contribution in [3.63, 3.8) is 0 Å². The molecule has 0 aliphatic carbocycles. The van der Waals surface area contributed by atoms with Gasteiger partial charge in [-0.05, 0) is 10.4 Å². The van der Waals surface area contributed by atoms with Crippen LogP contribution in [0.2, 0.25) is 0 Å². The van der Waals surface area contributed by atoms with Crippen LogP contribution in [0.5, 0.6) is 0 Å². The maximum Gasteiger partial charge on any atom is 0.209 e. The zero-order chi connectivity index (χ0) is 11.4. The molecular weight excluding hydrogens is 228 g/mol. The molecule has 0 amide bonds. The average Bonchev–Trinajstić information content (AvgIpc) is 2.86. The topological polar surface area (TPSA) is 81.7 Å². The lowest BCUT2D eigenvalue weighted by molar-refractivity contribution is 0.262. The van der Waals surface area contributed by atoms with Gasteiger partial charge in [-0.3, -0.25) is 0 Å². The van der Waals surface area contributed by atoms with Gasteiger partial charge in [-0.25, -0.2) is 9.67 Å². The van der Waals surface area contributed by atoms with Crippen molar-refractivity contribution in [2.45, 2.75) is 17.5 Å². The normalized spacial score (nSPS) is 10.9. The monoisotopic (exact) mass is 240 g/mol. The molecule has 0 radical (unpaired) electrons. The molecule has 8 heteroatoms. The summed E-state index contributed by atoms with van der Waals surface area (Å²) in [4.78, 5) is 4.21. The summed E-state index contributed by atoms with van der Waals surface area (Å²) in [6.07, 6.45) is 3.65. The van der Waals surface area contributed by atoms with Crippen molar-refractivity contribution in [1.29, 1.82) is 0 Å². The molecule has 86 valence electrons. The van der Waals surface area contributed by atoms with E-state index in [1.165, 1.54) is 11.8 Å². The van der Waals surface area contributed by atoms with E-state index in [4.69, 9.17) is 5.11 Å². The van der Waals surface area contributed by atoms with E-state index < -0.39 is 0 Å². The van der Waals surface area contributed by atoms with Crippen LogP contribution in [0.1, 0.15) is 5.82 Å². The molecule has 0 spiro atoms. The first-order chi connectivity index (χ1) is 7.81. The van der Waals surface area contributed by atoms with Crippen LogP contribution < -0.4 is 0 Å². The maximum absolute atomic E-state index is 8.82. The van der Waals surface area contributed by atoms with Gasteiger partial charge in [0.15, 0.2) is 0 Å². The summed E-state index contributed by atoms with van der Waals surface area (Å²) in [7, 11) is 1.94. The molecule has 7 nitrogen and oxygen atoms in total. The van der Waals surface area contributed by atoms with Crippen molar-refractivity contribution in [3.05, 3.63) is 18.2 Å². The van der Waals surface area contributed by atoms with E-state index in [-0.39, 0.29) is 6.61 Å². The van der Waals surface area contributed by atoms with Gasteiger partial charge in [-0.15, -0.1) is 5.10 Å². The number of aliphatic hydroxyl groups excluding tert-OH is 1. The maximum atomic E-state index is 8.82. The fraction of sp³-hybridized carbons (Fsp3) is 0.500. The Morgan fingerprint density at radius 3 is 3.06 bits per heavy atom. The van der Waals surface area contributed by atoms with E-state index in [9.17, 15) is 0 Å². The molecule has 0 bridgehead atoms. The van der Waals surface area contributed by atoms with Crippen molar-refractivity contribution in [2.75, 3.05) is 6.61 Å². The highest BCUT2D eigenvalue weighted by Gasteiger charge is 2.08. The number of nitrogens with zero attached hydrogens (tertiary/aromatic N) is 6. The Morgan fingerprint density at radius 2 is 2.38 bits per heavy atom. The molecule has 2 aromatic rings. The summed E-state index contributed by atoms with van der Waals surface area (Å²) in [5.74, 6) is 1.67. The van der Waals surface area contributed by atoms with E-state index in [0.717, 1.165) is 5.82 Å². The number of hydrogen-bond acceptors (Lipinski definition) is 6. The molecular formula is C8H12N6OS. The minimum Gasteiger partial charge on any atom is -0.394 e. The fourth-order valence-corrected chi connectivity index (χ4v) is 2.11. The van der Waals surface area contributed by atoms with Crippen LogP contribution in [-0.2, 0) is 19.3 Å². The first-order valence-corrected chi connectivity index (χ1v) is 5.76. The summed E-state index contributed by atoms with van der Waals surface area (Å²) < 4.78 is 3.53. The van der Waals surface area contributed by atoms with Gasteiger partial charge in [0, 0.05) is 19.4 Å². The quantitative estimate of drug-likeness (QED) is 0.722. The molecule has 0 aliphatic heterocycles. The van der Waals surface area contributed by atoms with Gasteiger partial charge >= 0.3 is 0 Å². The lowest BCUT2D eigenvalue weighted by Gasteiger charge is -2.02. The van der Waals surface area contributed by atoms with Gasteiger partial charge in [0.05, 0.1) is 18.9 Å². The molecule has 0 aromatic carbocycles. The lowest BCUT2D eigenvalue weighted by Crippen LogP contribution is -2.06. The number of aryl methyl sites for hydroxylation is 1. The Labute approximate surface area is 96.5 Å². The van der Waals surface area contributed by atoms with Crippen molar-refractivity contribution in [2.24, 2.45) is 7.05 Å².